The lowest BCUT2D eigenvalue weighted by atomic mass is 10.3. The van der Waals surface area contributed by atoms with Crippen LogP contribution in [0.3, 0.4) is 0 Å². The van der Waals surface area contributed by atoms with Crippen molar-refractivity contribution >= 4 is 17.8 Å². The van der Waals surface area contributed by atoms with Crippen LogP contribution >= 0.6 is 0 Å². The zero-order valence-electron chi connectivity index (χ0n) is 11.5. The smallest absolute Gasteiger partial charge is 0.333 e. The van der Waals surface area contributed by atoms with Crippen LogP contribution in [0, 0.1) is 0 Å². The number of rotatable bonds is 9. The van der Waals surface area contributed by atoms with Gasteiger partial charge in [0.25, 0.3) is 0 Å². The predicted molar refractivity (Wildman–Crippen MR) is 67.9 cm³/mol. The molecule has 0 aliphatic heterocycles. The maximum Gasteiger partial charge on any atom is 0.333 e. The summed E-state index contributed by atoms with van der Waals surface area (Å²) in [5.41, 5.74) is 0.212. The molecule has 0 heterocycles. The van der Waals surface area contributed by atoms with Gasteiger partial charge in [0.2, 0.25) is 5.91 Å². The van der Waals surface area contributed by atoms with Gasteiger partial charge in [-0.3, -0.25) is 4.79 Å². The molecule has 1 unspecified atom stereocenters. The molecule has 8 nitrogen and oxygen atoms in total. The molecule has 20 heavy (non-hydrogen) atoms. The SMILES string of the molecule is C=C(C)C(=O)OCC(O)CN(C)C(=O)COCC(=O)O. The number of amides is 1. The molecule has 0 aliphatic rings. The molecule has 0 spiro atoms. The van der Waals surface area contributed by atoms with Gasteiger partial charge in [0.05, 0.1) is 0 Å². The number of likely N-dealkylation sites (N-methyl/N-ethyl adjacent to an activating group) is 1. The molecule has 0 bridgehead atoms. The van der Waals surface area contributed by atoms with Crippen LogP contribution in [0.25, 0.3) is 0 Å². The van der Waals surface area contributed by atoms with Crippen LogP contribution in [-0.4, -0.2) is 72.5 Å². The van der Waals surface area contributed by atoms with Gasteiger partial charge in [-0.1, -0.05) is 6.58 Å². The van der Waals surface area contributed by atoms with Gasteiger partial charge >= 0.3 is 11.9 Å². The number of hydrogen-bond donors (Lipinski definition) is 2. The van der Waals surface area contributed by atoms with Crippen molar-refractivity contribution in [3.05, 3.63) is 12.2 Å². The first-order chi connectivity index (χ1) is 9.23. The van der Waals surface area contributed by atoms with E-state index >= 15 is 0 Å². The highest BCUT2D eigenvalue weighted by molar-refractivity contribution is 5.86. The van der Waals surface area contributed by atoms with E-state index in [4.69, 9.17) is 9.84 Å². The van der Waals surface area contributed by atoms with Crippen molar-refractivity contribution in [2.75, 3.05) is 33.4 Å². The summed E-state index contributed by atoms with van der Waals surface area (Å²) in [4.78, 5) is 33.9. The summed E-state index contributed by atoms with van der Waals surface area (Å²) in [7, 11) is 1.41. The van der Waals surface area contributed by atoms with Crippen LogP contribution < -0.4 is 0 Å². The summed E-state index contributed by atoms with van der Waals surface area (Å²) >= 11 is 0. The topological polar surface area (TPSA) is 113 Å². The van der Waals surface area contributed by atoms with Crippen molar-refractivity contribution in [2.45, 2.75) is 13.0 Å². The van der Waals surface area contributed by atoms with Gasteiger partial charge in [0.1, 0.15) is 25.9 Å². The molecule has 0 saturated heterocycles. The molecule has 0 aromatic heterocycles. The van der Waals surface area contributed by atoms with Crippen molar-refractivity contribution in [1.29, 1.82) is 0 Å². The van der Waals surface area contributed by atoms with Gasteiger partial charge in [0, 0.05) is 19.2 Å². The monoisotopic (exact) mass is 289 g/mol. The van der Waals surface area contributed by atoms with E-state index in [0.29, 0.717) is 0 Å². The Bertz CT molecular complexity index is 380. The van der Waals surface area contributed by atoms with E-state index in [0.717, 1.165) is 4.90 Å². The van der Waals surface area contributed by atoms with Gasteiger partial charge in [-0.05, 0) is 6.92 Å². The van der Waals surface area contributed by atoms with E-state index in [9.17, 15) is 19.5 Å². The van der Waals surface area contributed by atoms with E-state index < -0.39 is 37.2 Å². The molecular weight excluding hydrogens is 270 g/mol. The van der Waals surface area contributed by atoms with Crippen molar-refractivity contribution in [3.63, 3.8) is 0 Å². The summed E-state index contributed by atoms with van der Waals surface area (Å²) in [5, 5.41) is 17.9. The van der Waals surface area contributed by atoms with Crippen LogP contribution in [0.2, 0.25) is 0 Å². The average Bonchev–Trinajstić information content (AvgIpc) is 2.34. The van der Waals surface area contributed by atoms with Crippen LogP contribution in [0.5, 0.6) is 0 Å². The third-order valence-corrected chi connectivity index (χ3v) is 2.12. The molecule has 0 rings (SSSR count). The van der Waals surface area contributed by atoms with E-state index in [1.165, 1.54) is 14.0 Å². The molecule has 114 valence electrons. The summed E-state index contributed by atoms with van der Waals surface area (Å²) < 4.78 is 9.34. The van der Waals surface area contributed by atoms with E-state index in [1.54, 1.807) is 0 Å². The largest absolute Gasteiger partial charge is 0.480 e. The molecule has 1 atom stereocenters. The lowest BCUT2D eigenvalue weighted by molar-refractivity contribution is -0.146. The molecule has 0 aromatic carbocycles. The number of aliphatic hydroxyl groups excluding tert-OH is 1. The van der Waals surface area contributed by atoms with E-state index in [-0.39, 0.29) is 18.7 Å². The number of carboxylic acids is 1. The number of ether oxygens (including phenoxy) is 2. The minimum absolute atomic E-state index is 0.0707. The van der Waals surface area contributed by atoms with Crippen LogP contribution in [0.15, 0.2) is 12.2 Å². The van der Waals surface area contributed by atoms with Crippen LogP contribution in [0.1, 0.15) is 6.92 Å². The zero-order valence-corrected chi connectivity index (χ0v) is 11.5. The first-order valence-corrected chi connectivity index (χ1v) is 5.78. The zero-order chi connectivity index (χ0) is 15.7. The first kappa shape index (κ1) is 18.1. The Morgan fingerprint density at radius 1 is 1.30 bits per heavy atom. The number of nitrogens with zero attached hydrogens (tertiary/aromatic N) is 1. The summed E-state index contributed by atoms with van der Waals surface area (Å²) in [5.74, 6) is -2.29. The van der Waals surface area contributed by atoms with Crippen molar-refractivity contribution in [3.8, 4) is 0 Å². The highest BCUT2D eigenvalue weighted by atomic mass is 16.5. The molecule has 0 radical (unpaired) electrons. The molecule has 1 amide bonds. The Labute approximate surface area is 116 Å². The Morgan fingerprint density at radius 2 is 1.90 bits per heavy atom. The lowest BCUT2D eigenvalue weighted by Gasteiger charge is -2.20. The number of aliphatic hydroxyl groups is 1. The minimum atomic E-state index is -1.17. The Kier molecular flexibility index (Phi) is 8.18. The molecule has 0 saturated carbocycles. The standard InChI is InChI=1S/C12H19NO7/c1-8(2)12(18)20-5-9(14)4-13(3)10(15)6-19-7-11(16)17/h9,14H,1,4-7H2,2-3H3,(H,16,17). The van der Waals surface area contributed by atoms with Crippen LogP contribution in [0.4, 0.5) is 0 Å². The molecule has 0 fully saturated rings. The molecule has 2 N–H and O–H groups in total. The van der Waals surface area contributed by atoms with Crippen molar-refractivity contribution in [2.24, 2.45) is 0 Å². The normalized spacial score (nSPS) is 11.6. The number of hydrogen-bond acceptors (Lipinski definition) is 6. The van der Waals surface area contributed by atoms with Gasteiger partial charge in [-0.25, -0.2) is 9.59 Å². The second kappa shape index (κ2) is 9.05. The van der Waals surface area contributed by atoms with Gasteiger partial charge in [-0.15, -0.1) is 0 Å². The maximum atomic E-state index is 11.5. The van der Waals surface area contributed by atoms with Crippen molar-refractivity contribution in [1.82, 2.24) is 4.90 Å². The molecule has 8 heteroatoms. The summed E-state index contributed by atoms with van der Waals surface area (Å²) in [6, 6.07) is 0. The quantitative estimate of drug-likeness (QED) is 0.414. The van der Waals surface area contributed by atoms with Gasteiger partial charge < -0.3 is 24.6 Å². The Balaban J connectivity index is 3.96. The fraction of sp³-hybridized carbons (Fsp3) is 0.583. The summed E-state index contributed by atoms with van der Waals surface area (Å²) in [6.07, 6.45) is -1.05. The van der Waals surface area contributed by atoms with Crippen LogP contribution in [-0.2, 0) is 23.9 Å². The molecule has 0 aliphatic carbocycles. The second-order valence-electron chi connectivity index (χ2n) is 4.19. The van der Waals surface area contributed by atoms with Gasteiger partial charge in [-0.2, -0.15) is 0 Å². The van der Waals surface area contributed by atoms with Gasteiger partial charge in [0.15, 0.2) is 0 Å². The third-order valence-electron chi connectivity index (χ3n) is 2.12. The van der Waals surface area contributed by atoms with Crippen molar-refractivity contribution < 1.29 is 34.1 Å². The third kappa shape index (κ3) is 8.22. The van der Waals surface area contributed by atoms with E-state index in [2.05, 4.69) is 11.3 Å². The summed E-state index contributed by atoms with van der Waals surface area (Å²) in [6.45, 7) is 3.55. The Hall–Kier alpha value is -1.93. The first-order valence-electron chi connectivity index (χ1n) is 5.78. The number of carbonyl (C=O) groups excluding carboxylic acids is 2. The Morgan fingerprint density at radius 3 is 2.40 bits per heavy atom. The average molecular weight is 289 g/mol. The molecular formula is C12H19NO7. The predicted octanol–water partition coefficient (Wildman–Crippen LogP) is -0.974. The number of carboxylic acid groups (broad SMARTS) is 1. The molecule has 0 aromatic rings. The number of carbonyl (C=O) groups is 3. The fourth-order valence-corrected chi connectivity index (χ4v) is 1.10. The van der Waals surface area contributed by atoms with E-state index in [1.807, 2.05) is 0 Å². The fourth-order valence-electron chi connectivity index (χ4n) is 1.10. The highest BCUT2D eigenvalue weighted by Gasteiger charge is 2.16. The highest BCUT2D eigenvalue weighted by Crippen LogP contribution is 1.97. The second-order valence-corrected chi connectivity index (χ2v) is 4.19. The number of aliphatic carboxylic acids is 1. The lowest BCUT2D eigenvalue weighted by Crippen LogP contribution is -2.38. The minimum Gasteiger partial charge on any atom is -0.480 e. The number of esters is 1. The maximum absolute atomic E-state index is 11.5.